The molecule has 20 heavy (non-hydrogen) atoms. The zero-order chi connectivity index (χ0) is 15.2. The fourth-order valence-corrected chi connectivity index (χ4v) is 1.40. The number of anilines is 1. The fourth-order valence-electron chi connectivity index (χ4n) is 1.40. The Morgan fingerprint density at radius 1 is 1.50 bits per heavy atom. The van der Waals surface area contributed by atoms with Crippen LogP contribution in [0, 0.1) is 0 Å². The van der Waals surface area contributed by atoms with Crippen molar-refractivity contribution >= 4 is 11.7 Å². The topological polar surface area (TPSA) is 63.2 Å². The van der Waals surface area contributed by atoms with Gasteiger partial charge in [0.2, 0.25) is 5.91 Å². The van der Waals surface area contributed by atoms with E-state index in [0.717, 1.165) is 18.3 Å². The van der Waals surface area contributed by atoms with Crippen LogP contribution < -0.4 is 10.6 Å². The number of ether oxygens (including phenoxy) is 1. The maximum Gasteiger partial charge on any atom is 0.416 e. The van der Waals surface area contributed by atoms with Gasteiger partial charge < -0.3 is 15.4 Å². The Hall–Kier alpha value is -1.83. The number of methoxy groups -OCH3 is 1. The minimum absolute atomic E-state index is 0.00536. The maximum absolute atomic E-state index is 12.5. The van der Waals surface area contributed by atoms with Gasteiger partial charge in [-0.3, -0.25) is 4.79 Å². The molecular weight excluding hydrogens is 275 g/mol. The lowest BCUT2D eigenvalue weighted by atomic mass is 10.2. The molecule has 0 saturated heterocycles. The second-order valence-corrected chi connectivity index (χ2v) is 4.08. The zero-order valence-electron chi connectivity index (χ0n) is 11.1. The van der Waals surface area contributed by atoms with Crippen LogP contribution in [-0.4, -0.2) is 37.2 Å². The molecule has 0 spiro atoms. The highest BCUT2D eigenvalue weighted by Gasteiger charge is 2.30. The molecule has 0 radical (unpaired) electrons. The van der Waals surface area contributed by atoms with Crippen LogP contribution in [0.5, 0.6) is 0 Å². The van der Waals surface area contributed by atoms with Crippen LogP contribution in [0.15, 0.2) is 18.3 Å². The predicted molar refractivity (Wildman–Crippen MR) is 67.2 cm³/mol. The number of carbonyl (C=O) groups excluding carboxylic acids is 1. The number of aromatic nitrogens is 1. The Kier molecular flexibility index (Phi) is 5.75. The molecule has 1 heterocycles. The molecule has 0 aromatic carbocycles. The van der Waals surface area contributed by atoms with Gasteiger partial charge >= 0.3 is 6.18 Å². The molecule has 5 nitrogen and oxygen atoms in total. The van der Waals surface area contributed by atoms with Gasteiger partial charge in [-0.1, -0.05) is 0 Å². The Morgan fingerprint density at radius 3 is 2.80 bits per heavy atom. The Balaban J connectivity index is 2.62. The van der Waals surface area contributed by atoms with Gasteiger partial charge in [0.25, 0.3) is 0 Å². The van der Waals surface area contributed by atoms with Crippen LogP contribution in [0.3, 0.4) is 0 Å². The van der Waals surface area contributed by atoms with Crippen LogP contribution in [0.2, 0.25) is 0 Å². The third-order valence-electron chi connectivity index (χ3n) is 2.45. The smallest absolute Gasteiger partial charge is 0.383 e. The highest BCUT2D eigenvalue weighted by molar-refractivity contribution is 5.83. The van der Waals surface area contributed by atoms with E-state index in [0.29, 0.717) is 13.2 Å². The monoisotopic (exact) mass is 291 g/mol. The summed E-state index contributed by atoms with van der Waals surface area (Å²) in [6, 6.07) is 1.02. The summed E-state index contributed by atoms with van der Waals surface area (Å²) in [5, 5.41) is 5.19. The molecule has 1 rings (SSSR count). The molecule has 0 saturated carbocycles. The van der Waals surface area contributed by atoms with E-state index in [9.17, 15) is 18.0 Å². The van der Waals surface area contributed by atoms with E-state index in [1.54, 1.807) is 0 Å². The lowest BCUT2D eigenvalue weighted by molar-refractivity contribution is -0.137. The van der Waals surface area contributed by atoms with E-state index in [4.69, 9.17) is 4.74 Å². The highest BCUT2D eigenvalue weighted by Crippen LogP contribution is 2.29. The first-order valence-electron chi connectivity index (χ1n) is 5.91. The van der Waals surface area contributed by atoms with E-state index in [1.165, 1.54) is 14.0 Å². The zero-order valence-corrected chi connectivity index (χ0v) is 11.1. The molecule has 1 amide bonds. The van der Waals surface area contributed by atoms with Crippen molar-refractivity contribution in [2.75, 3.05) is 25.6 Å². The Labute approximate surface area is 114 Å². The average Bonchev–Trinajstić information content (AvgIpc) is 2.38. The Bertz CT molecular complexity index is 452. The van der Waals surface area contributed by atoms with E-state index in [2.05, 4.69) is 15.6 Å². The molecule has 0 bridgehead atoms. The normalized spacial score (nSPS) is 12.8. The van der Waals surface area contributed by atoms with Crippen molar-refractivity contribution in [3.63, 3.8) is 0 Å². The minimum atomic E-state index is -4.44. The second kappa shape index (κ2) is 7.09. The van der Waals surface area contributed by atoms with E-state index in [1.807, 2.05) is 0 Å². The molecule has 1 aromatic heterocycles. The van der Waals surface area contributed by atoms with Crippen LogP contribution in [0.4, 0.5) is 19.0 Å². The number of rotatable bonds is 6. The predicted octanol–water partition coefficient (Wildman–Crippen LogP) is 1.66. The molecule has 2 N–H and O–H groups in total. The number of hydrogen-bond donors (Lipinski definition) is 2. The van der Waals surface area contributed by atoms with Gasteiger partial charge in [0.1, 0.15) is 11.9 Å². The van der Waals surface area contributed by atoms with Gasteiger partial charge in [0, 0.05) is 19.9 Å². The molecular formula is C12H16F3N3O2. The number of alkyl halides is 3. The fraction of sp³-hybridized carbons (Fsp3) is 0.500. The molecule has 0 aliphatic rings. The SMILES string of the molecule is COCCNC(=O)C(C)Nc1cc(C(F)(F)F)ccn1. The van der Waals surface area contributed by atoms with Crippen LogP contribution in [-0.2, 0) is 15.7 Å². The number of amides is 1. The molecule has 112 valence electrons. The summed E-state index contributed by atoms with van der Waals surface area (Å²) in [7, 11) is 1.50. The number of pyridine rings is 1. The summed E-state index contributed by atoms with van der Waals surface area (Å²) in [6.07, 6.45) is -3.40. The first-order chi connectivity index (χ1) is 9.34. The summed E-state index contributed by atoms with van der Waals surface area (Å²) < 4.78 is 42.3. The van der Waals surface area contributed by atoms with Crippen molar-refractivity contribution in [1.29, 1.82) is 0 Å². The molecule has 1 aromatic rings. The largest absolute Gasteiger partial charge is 0.416 e. The molecule has 0 aliphatic heterocycles. The summed E-state index contributed by atoms with van der Waals surface area (Å²) in [4.78, 5) is 15.4. The first kappa shape index (κ1) is 16.2. The maximum atomic E-state index is 12.5. The van der Waals surface area contributed by atoms with Crippen molar-refractivity contribution < 1.29 is 22.7 Å². The number of nitrogens with zero attached hydrogens (tertiary/aromatic N) is 1. The van der Waals surface area contributed by atoms with Gasteiger partial charge in [-0.25, -0.2) is 4.98 Å². The van der Waals surface area contributed by atoms with Gasteiger partial charge in [-0.15, -0.1) is 0 Å². The molecule has 1 unspecified atom stereocenters. The molecule has 0 fully saturated rings. The third kappa shape index (κ3) is 5.04. The minimum Gasteiger partial charge on any atom is -0.383 e. The lowest BCUT2D eigenvalue weighted by Crippen LogP contribution is -2.39. The Morgan fingerprint density at radius 2 is 2.20 bits per heavy atom. The summed E-state index contributed by atoms with van der Waals surface area (Å²) >= 11 is 0. The summed E-state index contributed by atoms with van der Waals surface area (Å²) in [6.45, 7) is 2.22. The van der Waals surface area contributed by atoms with E-state index in [-0.39, 0.29) is 11.7 Å². The van der Waals surface area contributed by atoms with Crippen molar-refractivity contribution in [3.05, 3.63) is 23.9 Å². The third-order valence-corrected chi connectivity index (χ3v) is 2.45. The quantitative estimate of drug-likeness (QED) is 0.783. The molecule has 0 aliphatic carbocycles. The summed E-state index contributed by atoms with van der Waals surface area (Å²) in [5.41, 5.74) is -0.818. The van der Waals surface area contributed by atoms with Crippen LogP contribution in [0.25, 0.3) is 0 Å². The number of nitrogens with one attached hydrogen (secondary N) is 2. The van der Waals surface area contributed by atoms with Gasteiger partial charge in [0.05, 0.1) is 12.2 Å². The second-order valence-electron chi connectivity index (χ2n) is 4.08. The van der Waals surface area contributed by atoms with Crippen LogP contribution in [0.1, 0.15) is 12.5 Å². The molecule has 8 heteroatoms. The highest BCUT2D eigenvalue weighted by atomic mass is 19.4. The number of hydrogen-bond acceptors (Lipinski definition) is 4. The number of carbonyl (C=O) groups is 1. The number of halogens is 3. The van der Waals surface area contributed by atoms with Crippen LogP contribution >= 0.6 is 0 Å². The van der Waals surface area contributed by atoms with Crippen molar-refractivity contribution in [2.24, 2.45) is 0 Å². The first-order valence-corrected chi connectivity index (χ1v) is 5.91. The van der Waals surface area contributed by atoms with Gasteiger partial charge in [0.15, 0.2) is 0 Å². The van der Waals surface area contributed by atoms with Gasteiger partial charge in [-0.05, 0) is 19.1 Å². The van der Waals surface area contributed by atoms with Crippen molar-refractivity contribution in [2.45, 2.75) is 19.1 Å². The summed E-state index contributed by atoms with van der Waals surface area (Å²) in [5.74, 6) is -0.351. The van der Waals surface area contributed by atoms with E-state index < -0.39 is 17.8 Å². The lowest BCUT2D eigenvalue weighted by Gasteiger charge is -2.15. The average molecular weight is 291 g/mol. The molecule has 1 atom stereocenters. The standard InChI is InChI=1S/C12H16F3N3O2/c1-8(11(19)17-5-6-20-2)18-10-7-9(3-4-16-10)12(13,14)15/h3-4,7-8H,5-6H2,1-2H3,(H,16,18)(H,17,19). The van der Waals surface area contributed by atoms with Crippen molar-refractivity contribution in [3.8, 4) is 0 Å². The van der Waals surface area contributed by atoms with Gasteiger partial charge in [-0.2, -0.15) is 13.2 Å². The van der Waals surface area contributed by atoms with E-state index >= 15 is 0 Å². The van der Waals surface area contributed by atoms with Crippen molar-refractivity contribution in [1.82, 2.24) is 10.3 Å².